The van der Waals surface area contributed by atoms with E-state index in [1.807, 2.05) is 37.3 Å². The summed E-state index contributed by atoms with van der Waals surface area (Å²) in [7, 11) is 0. The number of nitrogens with one attached hydrogen (secondary N) is 1. The van der Waals surface area contributed by atoms with Crippen LogP contribution >= 0.6 is 11.3 Å². The van der Waals surface area contributed by atoms with E-state index < -0.39 is 18.0 Å². The largest absolute Gasteiger partial charge is 0.488 e. The summed E-state index contributed by atoms with van der Waals surface area (Å²) in [5.74, 6) is -0.597. The molecule has 0 saturated heterocycles. The zero-order chi connectivity index (χ0) is 24.9. The lowest BCUT2D eigenvalue weighted by atomic mass is 9.95. The normalized spacial score (nSPS) is 22.4. The van der Waals surface area contributed by atoms with Crippen LogP contribution < -0.4 is 10.1 Å². The monoisotopic (exact) mass is 495 g/mol. The van der Waals surface area contributed by atoms with Gasteiger partial charge in [0.05, 0.1) is 18.8 Å². The molecule has 2 aliphatic rings. The van der Waals surface area contributed by atoms with Crippen LogP contribution in [0.15, 0.2) is 42.5 Å². The van der Waals surface area contributed by atoms with E-state index in [1.54, 1.807) is 0 Å². The SMILES string of the molecule is Cc1ccc([C@@H](C)OC[C@H](O)CNC(C)(C)Cc2cc3ccccc3s2)c2c1O[C@@H]1[C@@H](C(=O)O)[C@H]21. The van der Waals surface area contributed by atoms with Gasteiger partial charge in [0.1, 0.15) is 17.8 Å². The van der Waals surface area contributed by atoms with Crippen molar-refractivity contribution in [3.05, 3.63) is 64.0 Å². The summed E-state index contributed by atoms with van der Waals surface area (Å²) in [4.78, 5) is 12.8. The third kappa shape index (κ3) is 4.83. The van der Waals surface area contributed by atoms with Gasteiger partial charge in [-0.2, -0.15) is 0 Å². The first-order valence-electron chi connectivity index (χ1n) is 12.2. The molecule has 7 heteroatoms. The maximum absolute atomic E-state index is 11.5. The van der Waals surface area contributed by atoms with E-state index in [0.29, 0.717) is 6.54 Å². The van der Waals surface area contributed by atoms with Crippen molar-refractivity contribution in [1.82, 2.24) is 5.32 Å². The quantitative estimate of drug-likeness (QED) is 0.374. The lowest BCUT2D eigenvalue weighted by Gasteiger charge is -2.28. The van der Waals surface area contributed by atoms with Crippen LogP contribution in [0.2, 0.25) is 0 Å². The summed E-state index contributed by atoms with van der Waals surface area (Å²) < 4.78 is 13.3. The van der Waals surface area contributed by atoms with Crippen LogP contribution in [0, 0.1) is 12.8 Å². The topological polar surface area (TPSA) is 88.0 Å². The summed E-state index contributed by atoms with van der Waals surface area (Å²) in [5.41, 5.74) is 2.76. The van der Waals surface area contributed by atoms with Gasteiger partial charge >= 0.3 is 5.97 Å². The molecule has 35 heavy (non-hydrogen) atoms. The molecule has 1 fully saturated rings. The Morgan fingerprint density at radius 3 is 2.77 bits per heavy atom. The van der Waals surface area contributed by atoms with Crippen molar-refractivity contribution in [2.45, 2.75) is 63.9 Å². The molecule has 0 bridgehead atoms. The molecule has 2 aromatic carbocycles. The maximum Gasteiger partial charge on any atom is 0.311 e. The van der Waals surface area contributed by atoms with Crippen molar-refractivity contribution in [1.29, 1.82) is 0 Å². The average molecular weight is 496 g/mol. The lowest BCUT2D eigenvalue weighted by molar-refractivity contribution is -0.139. The zero-order valence-corrected chi connectivity index (χ0v) is 21.4. The van der Waals surface area contributed by atoms with Gasteiger partial charge in [-0.3, -0.25) is 4.79 Å². The molecule has 6 nitrogen and oxygen atoms in total. The highest BCUT2D eigenvalue weighted by Gasteiger charge is 2.64. The van der Waals surface area contributed by atoms with Gasteiger partial charge in [0, 0.05) is 33.1 Å². The number of aryl methyl sites for hydroxylation is 1. The molecule has 0 amide bonds. The van der Waals surface area contributed by atoms with E-state index in [0.717, 1.165) is 28.9 Å². The molecular formula is C28H33NO5S. The first kappa shape index (κ1) is 24.3. The fraction of sp³-hybridized carbons (Fsp3) is 0.464. The van der Waals surface area contributed by atoms with Crippen LogP contribution in [0.25, 0.3) is 10.1 Å². The number of aliphatic hydroxyl groups excluding tert-OH is 1. The van der Waals surface area contributed by atoms with Crippen molar-refractivity contribution in [2.75, 3.05) is 13.2 Å². The van der Waals surface area contributed by atoms with Crippen LogP contribution in [-0.2, 0) is 16.0 Å². The van der Waals surface area contributed by atoms with Gasteiger partial charge in [-0.05, 0) is 62.8 Å². The number of aliphatic carboxylic acids is 1. The minimum atomic E-state index is -0.813. The van der Waals surface area contributed by atoms with Crippen LogP contribution in [0.4, 0.5) is 0 Å². The summed E-state index contributed by atoms with van der Waals surface area (Å²) in [6.45, 7) is 8.83. The Labute approximate surface area is 209 Å². The van der Waals surface area contributed by atoms with Crippen molar-refractivity contribution >= 4 is 27.4 Å². The van der Waals surface area contributed by atoms with E-state index in [9.17, 15) is 15.0 Å². The second-order valence-electron chi connectivity index (χ2n) is 10.5. The van der Waals surface area contributed by atoms with Crippen LogP contribution in [-0.4, -0.2) is 47.1 Å². The molecule has 186 valence electrons. The molecule has 5 atom stereocenters. The number of thiophene rings is 1. The van der Waals surface area contributed by atoms with Gasteiger partial charge in [-0.1, -0.05) is 30.3 Å². The Kier molecular flexibility index (Phi) is 6.38. The number of β-amino-alcohol motifs (C(OH)–C–C–N with tert-alkyl or cyclic N) is 1. The predicted molar refractivity (Wildman–Crippen MR) is 137 cm³/mol. The second kappa shape index (κ2) is 9.21. The Balaban J connectivity index is 1.16. The van der Waals surface area contributed by atoms with E-state index in [-0.39, 0.29) is 30.3 Å². The van der Waals surface area contributed by atoms with E-state index >= 15 is 0 Å². The highest BCUT2D eigenvalue weighted by Crippen LogP contribution is 2.61. The summed E-state index contributed by atoms with van der Waals surface area (Å²) >= 11 is 1.81. The number of aliphatic hydroxyl groups is 1. The van der Waals surface area contributed by atoms with Crippen molar-refractivity contribution in [3.8, 4) is 5.75 Å². The Bertz CT molecular complexity index is 1220. The van der Waals surface area contributed by atoms with Crippen LogP contribution in [0.1, 0.15) is 54.4 Å². The van der Waals surface area contributed by atoms with Crippen LogP contribution in [0.5, 0.6) is 5.75 Å². The van der Waals surface area contributed by atoms with Gasteiger partial charge in [-0.25, -0.2) is 0 Å². The zero-order valence-electron chi connectivity index (χ0n) is 20.6. The second-order valence-corrected chi connectivity index (χ2v) is 11.7. The van der Waals surface area contributed by atoms with Gasteiger partial charge in [0.2, 0.25) is 0 Å². The number of rotatable bonds is 10. The predicted octanol–water partition coefficient (Wildman–Crippen LogP) is 4.82. The Morgan fingerprint density at radius 1 is 1.26 bits per heavy atom. The Hall–Kier alpha value is -2.45. The van der Waals surface area contributed by atoms with E-state index in [1.165, 1.54) is 15.0 Å². The smallest absolute Gasteiger partial charge is 0.311 e. The van der Waals surface area contributed by atoms with E-state index in [2.05, 4.69) is 49.5 Å². The standard InChI is InChI=1S/C28H33NO5S/c1-15-9-10-20(22-23-24(27(31)32)26(23)34-25(15)22)16(2)33-14-18(30)13-29-28(3,4)12-19-11-17-7-5-6-8-21(17)35-19/h5-11,16,18,23-24,26,29-30H,12-14H2,1-4H3,(H,31,32)/t16-,18-,23+,24+,26+/m1/s1. The first-order valence-corrected chi connectivity index (χ1v) is 13.0. The molecular weight excluding hydrogens is 462 g/mol. The minimum Gasteiger partial charge on any atom is -0.488 e. The van der Waals surface area contributed by atoms with Crippen molar-refractivity contribution in [3.63, 3.8) is 0 Å². The number of hydrogen-bond acceptors (Lipinski definition) is 6. The molecule has 1 saturated carbocycles. The fourth-order valence-corrected chi connectivity index (χ4v) is 6.50. The number of carboxylic acid groups (broad SMARTS) is 1. The number of hydrogen-bond donors (Lipinski definition) is 3. The average Bonchev–Trinajstić information content (AvgIpc) is 3.16. The van der Waals surface area contributed by atoms with E-state index in [4.69, 9.17) is 9.47 Å². The van der Waals surface area contributed by atoms with Gasteiger partial charge in [-0.15, -0.1) is 11.3 Å². The maximum atomic E-state index is 11.5. The molecule has 3 N–H and O–H groups in total. The third-order valence-corrected chi connectivity index (χ3v) is 8.25. The first-order chi connectivity index (χ1) is 16.6. The van der Waals surface area contributed by atoms with Gasteiger partial charge < -0.3 is 25.0 Å². The Morgan fingerprint density at radius 2 is 2.03 bits per heavy atom. The molecule has 0 unspecified atom stereocenters. The van der Waals surface area contributed by atoms with Gasteiger partial charge in [0.25, 0.3) is 0 Å². The molecule has 3 aromatic rings. The molecule has 1 aromatic heterocycles. The van der Waals surface area contributed by atoms with Gasteiger partial charge in [0.15, 0.2) is 0 Å². The fourth-order valence-electron chi connectivity index (χ4n) is 5.20. The number of benzene rings is 2. The minimum absolute atomic E-state index is 0.107. The molecule has 5 rings (SSSR count). The molecule has 0 spiro atoms. The molecule has 1 aliphatic heterocycles. The van der Waals surface area contributed by atoms with Crippen molar-refractivity contribution in [2.24, 2.45) is 5.92 Å². The lowest BCUT2D eigenvalue weighted by Crippen LogP contribution is -2.45. The number of carbonyl (C=O) groups is 1. The molecule has 2 heterocycles. The number of ether oxygens (including phenoxy) is 2. The van der Waals surface area contributed by atoms with Crippen LogP contribution in [0.3, 0.4) is 0 Å². The highest BCUT2D eigenvalue weighted by atomic mass is 32.1. The van der Waals surface area contributed by atoms with Crippen molar-refractivity contribution < 1.29 is 24.5 Å². The number of fused-ring (bicyclic) bond motifs is 4. The highest BCUT2D eigenvalue weighted by molar-refractivity contribution is 7.19. The molecule has 1 aliphatic carbocycles. The summed E-state index contributed by atoms with van der Waals surface area (Å²) in [6, 6.07) is 14.6. The third-order valence-electron chi connectivity index (χ3n) is 7.14. The molecule has 0 radical (unpaired) electrons. The summed E-state index contributed by atoms with van der Waals surface area (Å²) in [5, 5.41) is 24.8. The number of carboxylic acids is 1. The summed E-state index contributed by atoms with van der Waals surface area (Å²) in [6.07, 6.45) is -0.330.